The maximum absolute atomic E-state index is 12.7. The van der Waals surface area contributed by atoms with Gasteiger partial charge in [-0.1, -0.05) is 11.6 Å². The van der Waals surface area contributed by atoms with Gasteiger partial charge in [-0.2, -0.15) is 18.3 Å². The predicted octanol–water partition coefficient (Wildman–Crippen LogP) is 2.86. The van der Waals surface area contributed by atoms with Crippen molar-refractivity contribution in [3.05, 3.63) is 34.7 Å². The molecule has 32 heavy (non-hydrogen) atoms. The first-order valence-electron chi connectivity index (χ1n) is 9.11. The average molecular weight is 479 g/mol. The van der Waals surface area contributed by atoms with Gasteiger partial charge in [-0.15, -0.1) is 0 Å². The number of aromatic nitrogens is 3. The first kappa shape index (κ1) is 24.9. The van der Waals surface area contributed by atoms with Gasteiger partial charge in [0.25, 0.3) is 0 Å². The van der Waals surface area contributed by atoms with Crippen LogP contribution in [0.1, 0.15) is 34.8 Å². The molecule has 0 aromatic carbocycles. The molecule has 0 unspecified atom stereocenters. The molecule has 2 aromatic rings. The number of ether oxygens (including phenoxy) is 3. The number of amides is 1. The fraction of sp³-hybridized carbons (Fsp3) is 0.389. The normalized spacial score (nSPS) is 11.1. The van der Waals surface area contributed by atoms with E-state index in [1.807, 2.05) is 0 Å². The van der Waals surface area contributed by atoms with E-state index < -0.39 is 54.3 Å². The summed E-state index contributed by atoms with van der Waals surface area (Å²) in [6.45, 7) is 0.156. The molecule has 1 N–H and O–H groups in total. The Balaban J connectivity index is 2.43. The van der Waals surface area contributed by atoms with Crippen LogP contribution in [0.25, 0.3) is 0 Å². The molecule has 0 aliphatic heterocycles. The minimum atomic E-state index is -4.78. The average Bonchev–Trinajstić information content (AvgIpc) is 3.06. The summed E-state index contributed by atoms with van der Waals surface area (Å²) in [5.74, 6) is -3.75. The van der Waals surface area contributed by atoms with Crippen molar-refractivity contribution in [1.29, 1.82) is 0 Å². The van der Waals surface area contributed by atoms with Crippen LogP contribution in [0.3, 0.4) is 0 Å². The number of nitrogens with one attached hydrogen (secondary N) is 1. The van der Waals surface area contributed by atoms with Gasteiger partial charge in [0.2, 0.25) is 11.6 Å². The number of hydrogen-bond donors (Lipinski definition) is 1. The third kappa shape index (κ3) is 6.83. The van der Waals surface area contributed by atoms with Crippen molar-refractivity contribution < 1.29 is 41.8 Å². The molecule has 0 saturated carbocycles. The monoisotopic (exact) mass is 478 g/mol. The second-order valence-electron chi connectivity index (χ2n) is 5.94. The van der Waals surface area contributed by atoms with E-state index in [0.717, 1.165) is 0 Å². The Morgan fingerprint density at radius 2 is 1.78 bits per heavy atom. The number of halogens is 4. The lowest BCUT2D eigenvalue weighted by molar-refractivity contribution is -0.153. The van der Waals surface area contributed by atoms with E-state index in [1.165, 1.54) is 32.2 Å². The van der Waals surface area contributed by atoms with Gasteiger partial charge in [-0.25, -0.2) is 19.3 Å². The van der Waals surface area contributed by atoms with Crippen molar-refractivity contribution in [2.24, 2.45) is 0 Å². The number of anilines is 1. The molecule has 0 radical (unpaired) electrons. The van der Waals surface area contributed by atoms with Crippen LogP contribution < -0.4 is 10.1 Å². The highest BCUT2D eigenvalue weighted by molar-refractivity contribution is 6.30. The third-order valence-electron chi connectivity index (χ3n) is 3.51. The summed E-state index contributed by atoms with van der Waals surface area (Å²) in [5.41, 5.74) is -1.37. The zero-order valence-electron chi connectivity index (χ0n) is 16.9. The van der Waals surface area contributed by atoms with Gasteiger partial charge in [0, 0.05) is 6.20 Å². The Kier molecular flexibility index (Phi) is 8.41. The number of carbonyl (C=O) groups is 3. The van der Waals surface area contributed by atoms with Crippen molar-refractivity contribution in [3.8, 4) is 5.75 Å². The van der Waals surface area contributed by atoms with Gasteiger partial charge < -0.3 is 19.5 Å². The Morgan fingerprint density at radius 1 is 1.12 bits per heavy atom. The van der Waals surface area contributed by atoms with Crippen LogP contribution in [-0.4, -0.2) is 58.6 Å². The molecule has 10 nitrogen and oxygen atoms in total. The van der Waals surface area contributed by atoms with E-state index in [1.54, 1.807) is 0 Å². The van der Waals surface area contributed by atoms with E-state index in [0.29, 0.717) is 9.70 Å². The minimum Gasteiger partial charge on any atom is -0.479 e. The number of rotatable bonds is 9. The van der Waals surface area contributed by atoms with Gasteiger partial charge in [-0.3, -0.25) is 4.79 Å². The Morgan fingerprint density at radius 3 is 2.34 bits per heavy atom. The molecule has 0 bridgehead atoms. The molecule has 1 amide bonds. The van der Waals surface area contributed by atoms with Gasteiger partial charge >= 0.3 is 18.1 Å². The number of nitrogens with zero attached hydrogens (tertiary/aromatic N) is 3. The summed E-state index contributed by atoms with van der Waals surface area (Å²) in [6, 6.07) is 2.86. The zero-order chi connectivity index (χ0) is 23.9. The second kappa shape index (κ2) is 10.8. The van der Waals surface area contributed by atoms with Crippen LogP contribution in [0.2, 0.25) is 5.02 Å². The van der Waals surface area contributed by atoms with E-state index in [4.69, 9.17) is 25.8 Å². The van der Waals surface area contributed by atoms with E-state index in [9.17, 15) is 27.6 Å². The second-order valence-corrected chi connectivity index (χ2v) is 6.38. The van der Waals surface area contributed by atoms with Crippen LogP contribution in [0.15, 0.2) is 18.3 Å². The van der Waals surface area contributed by atoms with Gasteiger partial charge in [0.1, 0.15) is 12.4 Å². The SMILES string of the molecule is CCOC(=O)c1nn(CC(=O)Nc2ccc(Cl)cn2)c(C(=O)OCC)c1OCC(F)(F)F. The van der Waals surface area contributed by atoms with Crippen molar-refractivity contribution in [3.63, 3.8) is 0 Å². The lowest BCUT2D eigenvalue weighted by atomic mass is 10.3. The van der Waals surface area contributed by atoms with Crippen LogP contribution in [0, 0.1) is 0 Å². The van der Waals surface area contributed by atoms with Crippen LogP contribution in [0.4, 0.5) is 19.0 Å². The maximum Gasteiger partial charge on any atom is 0.422 e. The number of pyridine rings is 1. The third-order valence-corrected chi connectivity index (χ3v) is 3.74. The summed E-state index contributed by atoms with van der Waals surface area (Å²) >= 11 is 5.72. The van der Waals surface area contributed by atoms with Crippen LogP contribution >= 0.6 is 11.6 Å². The predicted molar refractivity (Wildman–Crippen MR) is 104 cm³/mol. The molecule has 0 aliphatic rings. The fourth-order valence-electron chi connectivity index (χ4n) is 2.35. The standard InChI is InChI=1S/C18H18ClF3N4O6/c1-3-30-16(28)13-15(32-9-18(20,21)22)14(17(29)31-4-2)26(25-13)8-12(27)24-11-6-5-10(19)7-23-11/h5-7H,3-4,8-9H2,1-2H3,(H,23,24,27). The molecule has 0 spiro atoms. The number of carbonyl (C=O) groups excluding carboxylic acids is 3. The molecular formula is C18H18ClF3N4O6. The molecule has 2 rings (SSSR count). The molecule has 0 aliphatic carbocycles. The topological polar surface area (TPSA) is 122 Å². The first-order chi connectivity index (χ1) is 15.1. The number of alkyl halides is 3. The van der Waals surface area contributed by atoms with Crippen molar-refractivity contribution >= 4 is 35.3 Å². The lowest BCUT2D eigenvalue weighted by Gasteiger charge is -2.11. The van der Waals surface area contributed by atoms with Gasteiger partial charge in [-0.05, 0) is 26.0 Å². The zero-order valence-corrected chi connectivity index (χ0v) is 17.6. The summed E-state index contributed by atoms with van der Waals surface area (Å²) in [6.07, 6.45) is -3.51. The fourth-order valence-corrected chi connectivity index (χ4v) is 2.46. The molecule has 0 saturated heterocycles. The molecule has 0 atom stereocenters. The van der Waals surface area contributed by atoms with Crippen molar-refractivity contribution in [2.45, 2.75) is 26.6 Å². The quantitative estimate of drug-likeness (QED) is 0.546. The van der Waals surface area contributed by atoms with E-state index in [2.05, 4.69) is 15.4 Å². The largest absolute Gasteiger partial charge is 0.479 e. The Bertz CT molecular complexity index is 978. The molecule has 14 heteroatoms. The highest BCUT2D eigenvalue weighted by atomic mass is 35.5. The lowest BCUT2D eigenvalue weighted by Crippen LogP contribution is -2.24. The molecular weight excluding hydrogens is 461 g/mol. The van der Waals surface area contributed by atoms with E-state index >= 15 is 0 Å². The maximum atomic E-state index is 12.7. The highest BCUT2D eigenvalue weighted by Crippen LogP contribution is 2.28. The minimum absolute atomic E-state index is 0.114. The molecule has 2 heterocycles. The van der Waals surface area contributed by atoms with Crippen LogP contribution in [0.5, 0.6) is 5.75 Å². The molecule has 2 aromatic heterocycles. The summed E-state index contributed by atoms with van der Waals surface area (Å²) < 4.78 is 53.2. The Hall–Kier alpha value is -3.35. The van der Waals surface area contributed by atoms with Gasteiger partial charge in [0.05, 0.1) is 18.2 Å². The van der Waals surface area contributed by atoms with E-state index in [-0.39, 0.29) is 19.0 Å². The molecule has 174 valence electrons. The first-order valence-corrected chi connectivity index (χ1v) is 9.49. The van der Waals surface area contributed by atoms with Crippen LogP contribution in [-0.2, 0) is 20.8 Å². The van der Waals surface area contributed by atoms with Crippen molar-refractivity contribution in [2.75, 3.05) is 25.1 Å². The van der Waals surface area contributed by atoms with Crippen molar-refractivity contribution in [1.82, 2.24) is 14.8 Å². The number of hydrogen-bond acceptors (Lipinski definition) is 8. The summed E-state index contributed by atoms with van der Waals surface area (Å²) in [5, 5.41) is 6.50. The van der Waals surface area contributed by atoms with Gasteiger partial charge in [0.15, 0.2) is 18.1 Å². The number of esters is 2. The summed E-state index contributed by atoms with van der Waals surface area (Å²) in [7, 11) is 0. The highest BCUT2D eigenvalue weighted by Gasteiger charge is 2.35. The molecule has 0 fully saturated rings. The Labute approximate surface area is 184 Å². The summed E-state index contributed by atoms with van der Waals surface area (Å²) in [4.78, 5) is 40.9. The smallest absolute Gasteiger partial charge is 0.422 e.